The van der Waals surface area contributed by atoms with Crippen molar-refractivity contribution in [2.75, 3.05) is 18.4 Å². The highest BCUT2D eigenvalue weighted by molar-refractivity contribution is 5.57. The zero-order valence-corrected chi connectivity index (χ0v) is 10.9. The fourth-order valence-electron chi connectivity index (χ4n) is 2.71. The van der Waals surface area contributed by atoms with Gasteiger partial charge < -0.3 is 11.1 Å². The van der Waals surface area contributed by atoms with Crippen molar-refractivity contribution in [3.8, 4) is 0 Å². The van der Waals surface area contributed by atoms with Gasteiger partial charge in [0.25, 0.3) is 0 Å². The van der Waals surface area contributed by atoms with Gasteiger partial charge in [0.15, 0.2) is 0 Å². The summed E-state index contributed by atoms with van der Waals surface area (Å²) in [6.45, 7) is 4.14. The van der Waals surface area contributed by atoms with Gasteiger partial charge in [-0.2, -0.15) is 0 Å². The number of nitrogens with one attached hydrogen (secondary N) is 1. The van der Waals surface area contributed by atoms with Crippen LogP contribution in [0.3, 0.4) is 0 Å². The molecule has 0 heterocycles. The molecule has 2 heteroatoms. The van der Waals surface area contributed by atoms with Crippen molar-refractivity contribution in [2.24, 2.45) is 5.73 Å². The fraction of sp³-hybridized carbons (Fsp3) is 0.600. The second-order valence-electron chi connectivity index (χ2n) is 5.01. The number of fused-ring (bicyclic) bond motifs is 1. The SMILES string of the molecule is Cc1c(NCCCCCN)ccc2c1CCC2. The van der Waals surface area contributed by atoms with E-state index in [1.165, 1.54) is 43.4 Å². The quantitative estimate of drug-likeness (QED) is 0.740. The van der Waals surface area contributed by atoms with E-state index in [4.69, 9.17) is 5.73 Å². The van der Waals surface area contributed by atoms with Crippen LogP contribution < -0.4 is 11.1 Å². The second kappa shape index (κ2) is 6.06. The maximum absolute atomic E-state index is 5.49. The standard InChI is InChI=1S/C15H24N2/c1-12-14-7-5-6-13(14)8-9-15(12)17-11-4-2-3-10-16/h8-9,17H,2-7,10-11,16H2,1H3. The molecule has 1 aliphatic rings. The molecule has 0 spiro atoms. The van der Waals surface area contributed by atoms with Crippen LogP contribution in [0.15, 0.2) is 12.1 Å². The molecule has 2 rings (SSSR count). The van der Waals surface area contributed by atoms with E-state index in [-0.39, 0.29) is 0 Å². The van der Waals surface area contributed by atoms with Crippen molar-refractivity contribution in [3.05, 3.63) is 28.8 Å². The largest absolute Gasteiger partial charge is 0.385 e. The third-order valence-corrected chi connectivity index (χ3v) is 3.76. The van der Waals surface area contributed by atoms with Gasteiger partial charge in [-0.1, -0.05) is 12.5 Å². The summed E-state index contributed by atoms with van der Waals surface area (Å²) in [7, 11) is 0. The molecule has 0 aromatic heterocycles. The zero-order valence-electron chi connectivity index (χ0n) is 10.9. The molecule has 0 amide bonds. The van der Waals surface area contributed by atoms with Crippen LogP contribution >= 0.6 is 0 Å². The molecule has 0 fully saturated rings. The maximum Gasteiger partial charge on any atom is 0.0372 e. The summed E-state index contributed by atoms with van der Waals surface area (Å²) in [6.07, 6.45) is 7.46. The van der Waals surface area contributed by atoms with E-state index >= 15 is 0 Å². The van der Waals surface area contributed by atoms with Gasteiger partial charge in [-0.15, -0.1) is 0 Å². The highest BCUT2D eigenvalue weighted by Crippen LogP contribution is 2.29. The van der Waals surface area contributed by atoms with Crippen molar-refractivity contribution in [1.82, 2.24) is 0 Å². The summed E-state index contributed by atoms with van der Waals surface area (Å²) in [4.78, 5) is 0. The Balaban J connectivity index is 1.89. The molecule has 0 atom stereocenters. The molecular weight excluding hydrogens is 208 g/mol. The minimum atomic E-state index is 0.817. The van der Waals surface area contributed by atoms with Gasteiger partial charge in [0.1, 0.15) is 0 Å². The number of unbranched alkanes of at least 4 members (excludes halogenated alkanes) is 2. The van der Waals surface area contributed by atoms with Gasteiger partial charge >= 0.3 is 0 Å². The van der Waals surface area contributed by atoms with Gasteiger partial charge in [-0.25, -0.2) is 0 Å². The van der Waals surface area contributed by atoms with Crippen LogP contribution in [0, 0.1) is 6.92 Å². The predicted molar refractivity (Wildman–Crippen MR) is 74.6 cm³/mol. The van der Waals surface area contributed by atoms with E-state index < -0.39 is 0 Å². The summed E-state index contributed by atoms with van der Waals surface area (Å²) >= 11 is 0. The highest BCUT2D eigenvalue weighted by atomic mass is 14.9. The smallest absolute Gasteiger partial charge is 0.0372 e. The molecule has 0 unspecified atom stereocenters. The number of rotatable bonds is 6. The Hall–Kier alpha value is -1.02. The molecule has 2 nitrogen and oxygen atoms in total. The molecule has 0 saturated heterocycles. The molecule has 1 aliphatic carbocycles. The number of nitrogens with two attached hydrogens (primary N) is 1. The van der Waals surface area contributed by atoms with Crippen LogP contribution in [0.2, 0.25) is 0 Å². The Morgan fingerprint density at radius 1 is 1.18 bits per heavy atom. The van der Waals surface area contributed by atoms with Crippen LogP contribution in [0.5, 0.6) is 0 Å². The number of hydrogen-bond acceptors (Lipinski definition) is 2. The topological polar surface area (TPSA) is 38.0 Å². The molecule has 17 heavy (non-hydrogen) atoms. The lowest BCUT2D eigenvalue weighted by atomic mass is 10.0. The van der Waals surface area contributed by atoms with E-state index in [2.05, 4.69) is 24.4 Å². The molecule has 94 valence electrons. The first kappa shape index (κ1) is 12.4. The van der Waals surface area contributed by atoms with Crippen LogP contribution in [-0.2, 0) is 12.8 Å². The van der Waals surface area contributed by atoms with E-state index in [1.807, 2.05) is 0 Å². The normalized spacial score (nSPS) is 13.8. The first-order valence-electron chi connectivity index (χ1n) is 6.88. The molecule has 0 aliphatic heterocycles. The fourth-order valence-corrected chi connectivity index (χ4v) is 2.71. The molecule has 0 radical (unpaired) electrons. The molecule has 1 aromatic rings. The van der Waals surface area contributed by atoms with Gasteiger partial charge in [0, 0.05) is 12.2 Å². The Kier molecular flexibility index (Phi) is 4.43. The van der Waals surface area contributed by atoms with Gasteiger partial charge in [-0.3, -0.25) is 0 Å². The molecular formula is C15H24N2. The zero-order chi connectivity index (χ0) is 12.1. The second-order valence-corrected chi connectivity index (χ2v) is 5.01. The van der Waals surface area contributed by atoms with E-state index in [9.17, 15) is 0 Å². The van der Waals surface area contributed by atoms with Crippen molar-refractivity contribution in [3.63, 3.8) is 0 Å². The first-order chi connectivity index (χ1) is 8.33. The predicted octanol–water partition coefficient (Wildman–Crippen LogP) is 3.02. The summed E-state index contributed by atoms with van der Waals surface area (Å²) in [5.41, 5.74) is 11.5. The summed E-state index contributed by atoms with van der Waals surface area (Å²) < 4.78 is 0. The van der Waals surface area contributed by atoms with Gasteiger partial charge in [0.2, 0.25) is 0 Å². The van der Waals surface area contributed by atoms with Gasteiger partial charge in [0.05, 0.1) is 0 Å². The lowest BCUT2D eigenvalue weighted by Crippen LogP contribution is -2.06. The Bertz CT molecular complexity index is 371. The Labute approximate surface area is 105 Å². The molecule has 3 N–H and O–H groups in total. The number of anilines is 1. The van der Waals surface area contributed by atoms with Crippen LogP contribution in [-0.4, -0.2) is 13.1 Å². The maximum atomic E-state index is 5.49. The highest BCUT2D eigenvalue weighted by Gasteiger charge is 2.14. The molecule has 0 saturated carbocycles. The average Bonchev–Trinajstić information content (AvgIpc) is 2.80. The number of aryl methyl sites for hydroxylation is 1. The average molecular weight is 232 g/mol. The summed E-state index contributed by atoms with van der Waals surface area (Å²) in [5.74, 6) is 0. The lowest BCUT2D eigenvalue weighted by molar-refractivity contribution is 0.707. The summed E-state index contributed by atoms with van der Waals surface area (Å²) in [5, 5.41) is 3.56. The van der Waals surface area contributed by atoms with Gasteiger partial charge in [-0.05, 0) is 68.3 Å². The minimum Gasteiger partial charge on any atom is -0.385 e. The first-order valence-corrected chi connectivity index (χ1v) is 6.88. The monoisotopic (exact) mass is 232 g/mol. The number of benzene rings is 1. The van der Waals surface area contributed by atoms with Crippen molar-refractivity contribution >= 4 is 5.69 Å². The van der Waals surface area contributed by atoms with Crippen molar-refractivity contribution in [2.45, 2.75) is 45.4 Å². The molecule has 0 bridgehead atoms. The Morgan fingerprint density at radius 3 is 2.88 bits per heavy atom. The summed E-state index contributed by atoms with van der Waals surface area (Å²) in [6, 6.07) is 4.56. The van der Waals surface area contributed by atoms with Crippen LogP contribution in [0.4, 0.5) is 5.69 Å². The third kappa shape index (κ3) is 3.01. The van der Waals surface area contributed by atoms with E-state index in [1.54, 1.807) is 11.1 Å². The van der Waals surface area contributed by atoms with Crippen LogP contribution in [0.1, 0.15) is 42.4 Å². The lowest BCUT2D eigenvalue weighted by Gasteiger charge is -2.13. The van der Waals surface area contributed by atoms with Crippen LogP contribution in [0.25, 0.3) is 0 Å². The Morgan fingerprint density at radius 2 is 2.06 bits per heavy atom. The third-order valence-electron chi connectivity index (χ3n) is 3.76. The number of hydrogen-bond donors (Lipinski definition) is 2. The molecule has 1 aromatic carbocycles. The minimum absolute atomic E-state index is 0.817. The van der Waals surface area contributed by atoms with E-state index in [0.717, 1.165) is 19.5 Å². The van der Waals surface area contributed by atoms with Crippen molar-refractivity contribution in [1.29, 1.82) is 0 Å². The van der Waals surface area contributed by atoms with E-state index in [0.29, 0.717) is 0 Å². The van der Waals surface area contributed by atoms with Crippen molar-refractivity contribution < 1.29 is 0 Å².